The zero-order valence-corrected chi connectivity index (χ0v) is 17.9. The van der Waals surface area contributed by atoms with Crippen molar-refractivity contribution < 1.29 is 30.0 Å². The third-order valence-corrected chi connectivity index (χ3v) is 6.26. The topological polar surface area (TPSA) is 167 Å². The molecule has 0 saturated heterocycles. The number of carbonyl (C=O) groups excluding carboxylic acids is 1. The molecule has 5 aromatic rings. The average Bonchev–Trinajstić information content (AvgIpc) is 2.82. The van der Waals surface area contributed by atoms with E-state index < -0.39 is 11.9 Å². The van der Waals surface area contributed by atoms with Crippen LogP contribution in [0.15, 0.2) is 42.5 Å². The summed E-state index contributed by atoms with van der Waals surface area (Å²) in [7, 11) is 0. The Morgan fingerprint density at radius 3 is 2.11 bits per heavy atom. The number of carboxylic acid groups (broad SMARTS) is 1. The van der Waals surface area contributed by atoms with Gasteiger partial charge < -0.3 is 20.4 Å². The van der Waals surface area contributed by atoms with Crippen molar-refractivity contribution in [1.82, 2.24) is 19.9 Å². The van der Waals surface area contributed by atoms with Gasteiger partial charge in [0.2, 0.25) is 0 Å². The minimum Gasteiger partial charge on any atom is -0.508 e. The first-order chi connectivity index (χ1) is 16.8. The quantitative estimate of drug-likeness (QED) is 0.282. The second-order valence-electron chi connectivity index (χ2n) is 8.42. The lowest BCUT2D eigenvalue weighted by Crippen LogP contribution is -2.22. The number of fused-ring (bicyclic) bond motifs is 4. The number of para-hydroxylation sites is 2. The van der Waals surface area contributed by atoms with Crippen LogP contribution in [0.25, 0.3) is 33.1 Å². The van der Waals surface area contributed by atoms with Crippen molar-refractivity contribution in [3.05, 3.63) is 65.0 Å². The minimum absolute atomic E-state index is 0.0381. The van der Waals surface area contributed by atoms with Gasteiger partial charge in [-0.2, -0.15) is 0 Å². The molecule has 0 aliphatic heterocycles. The zero-order valence-electron chi connectivity index (χ0n) is 17.9. The van der Waals surface area contributed by atoms with Crippen molar-refractivity contribution in [3.8, 4) is 17.2 Å². The van der Waals surface area contributed by atoms with E-state index in [0.29, 0.717) is 16.7 Å². The first-order valence-electron chi connectivity index (χ1n) is 10.7. The molecule has 1 aliphatic rings. The van der Waals surface area contributed by atoms with Gasteiger partial charge in [-0.3, -0.25) is 4.79 Å². The molecule has 172 valence electrons. The third kappa shape index (κ3) is 3.11. The molecule has 0 fully saturated rings. The molecule has 10 heteroatoms. The van der Waals surface area contributed by atoms with E-state index in [1.807, 2.05) is 0 Å². The van der Waals surface area contributed by atoms with E-state index in [-0.39, 0.29) is 74.8 Å². The predicted octanol–water partition coefficient (Wildman–Crippen LogP) is 3.45. The lowest BCUT2D eigenvalue weighted by atomic mass is 9.81. The average molecular weight is 468 g/mol. The number of aromatic hydroxyl groups is 3. The number of ketones is 1. The number of benzene rings is 3. The Labute approximate surface area is 196 Å². The maximum Gasteiger partial charge on any atom is 0.338 e. The summed E-state index contributed by atoms with van der Waals surface area (Å²) in [6.07, 6.45) is 0.172. The number of rotatable bonds is 2. The van der Waals surface area contributed by atoms with Gasteiger partial charge in [0, 0.05) is 17.9 Å². The van der Waals surface area contributed by atoms with E-state index in [1.54, 1.807) is 24.3 Å². The summed E-state index contributed by atoms with van der Waals surface area (Å²) in [6, 6.07) is 10.5. The first-order valence-corrected chi connectivity index (χ1v) is 10.7. The van der Waals surface area contributed by atoms with E-state index in [9.17, 15) is 30.0 Å². The van der Waals surface area contributed by atoms with Crippen molar-refractivity contribution in [3.63, 3.8) is 0 Å². The Morgan fingerprint density at radius 1 is 0.771 bits per heavy atom. The number of phenols is 3. The largest absolute Gasteiger partial charge is 0.508 e. The van der Waals surface area contributed by atoms with Crippen molar-refractivity contribution in [2.24, 2.45) is 0 Å². The second kappa shape index (κ2) is 7.32. The molecule has 4 N–H and O–H groups in total. The Hall–Kier alpha value is -4.86. The fraction of sp³-hybridized carbons (Fsp3) is 0.120. The van der Waals surface area contributed by atoms with Gasteiger partial charge in [0.25, 0.3) is 0 Å². The summed E-state index contributed by atoms with van der Waals surface area (Å²) >= 11 is 0. The number of aromatic carboxylic acids is 1. The SMILES string of the molecule is O=C1CC(c2c(O)cc(C(=O)O)c3nc4cccc(O)c4nc23)Cc2nc3cccc(O)c3nc21. The number of Topliss-reactive ketones (excluding diaryl/α,β-unsaturated/α-hetero) is 1. The van der Waals surface area contributed by atoms with Gasteiger partial charge in [0.15, 0.2) is 5.78 Å². The molecule has 0 radical (unpaired) electrons. The number of carboxylic acids is 1. The van der Waals surface area contributed by atoms with Gasteiger partial charge in [-0.25, -0.2) is 24.7 Å². The molecular formula is C25H16N4O6. The standard InChI is InChI=1S/C25H16N4O6/c30-15-5-1-3-12-21(15)28-23-14(26-12)7-10(8-18(23)33)19-17(32)9-11(25(34)35)20-24(19)29-22-13(27-20)4-2-6-16(22)31/h1-6,9-10,30-32H,7-8H2,(H,34,35). The van der Waals surface area contributed by atoms with Crippen LogP contribution < -0.4 is 0 Å². The Kier molecular flexibility index (Phi) is 4.34. The van der Waals surface area contributed by atoms with Gasteiger partial charge in [0.1, 0.15) is 39.5 Å². The van der Waals surface area contributed by atoms with Crippen LogP contribution >= 0.6 is 0 Å². The van der Waals surface area contributed by atoms with Crippen molar-refractivity contribution in [1.29, 1.82) is 0 Å². The van der Waals surface area contributed by atoms with E-state index >= 15 is 0 Å². The van der Waals surface area contributed by atoms with E-state index in [1.165, 1.54) is 12.1 Å². The van der Waals surface area contributed by atoms with Gasteiger partial charge >= 0.3 is 5.97 Å². The molecule has 10 nitrogen and oxygen atoms in total. The lowest BCUT2D eigenvalue weighted by Gasteiger charge is -2.25. The number of nitrogens with zero attached hydrogens (tertiary/aromatic N) is 4. The Morgan fingerprint density at radius 2 is 1.43 bits per heavy atom. The van der Waals surface area contributed by atoms with E-state index in [4.69, 9.17) is 0 Å². The highest BCUT2D eigenvalue weighted by molar-refractivity contribution is 6.06. The van der Waals surface area contributed by atoms with Crippen LogP contribution in [0.2, 0.25) is 0 Å². The van der Waals surface area contributed by atoms with Crippen LogP contribution in [-0.2, 0) is 6.42 Å². The highest BCUT2D eigenvalue weighted by Gasteiger charge is 2.33. The summed E-state index contributed by atoms with van der Waals surface area (Å²) in [4.78, 5) is 42.7. The molecule has 6 rings (SSSR count). The van der Waals surface area contributed by atoms with Gasteiger partial charge in [-0.05, 0) is 36.8 Å². The molecule has 2 aromatic heterocycles. The van der Waals surface area contributed by atoms with E-state index in [2.05, 4.69) is 19.9 Å². The fourth-order valence-corrected chi connectivity index (χ4v) is 4.70. The number of aromatic nitrogens is 4. The normalized spacial score (nSPS) is 15.5. The van der Waals surface area contributed by atoms with Crippen LogP contribution in [-0.4, -0.2) is 52.1 Å². The van der Waals surface area contributed by atoms with Crippen LogP contribution in [0.3, 0.4) is 0 Å². The highest BCUT2D eigenvalue weighted by atomic mass is 16.4. The van der Waals surface area contributed by atoms with Gasteiger partial charge in [-0.1, -0.05) is 12.1 Å². The molecule has 2 heterocycles. The second-order valence-corrected chi connectivity index (χ2v) is 8.42. The first kappa shape index (κ1) is 20.7. The summed E-state index contributed by atoms with van der Waals surface area (Å²) in [5.74, 6) is -2.80. The molecule has 0 bridgehead atoms. The molecule has 1 aliphatic carbocycles. The Bertz CT molecular complexity index is 1750. The number of hydrogen-bond acceptors (Lipinski definition) is 9. The van der Waals surface area contributed by atoms with Crippen molar-refractivity contribution in [2.75, 3.05) is 0 Å². The number of hydrogen-bond donors (Lipinski definition) is 4. The zero-order chi connectivity index (χ0) is 24.4. The van der Waals surface area contributed by atoms with Crippen molar-refractivity contribution >= 4 is 44.9 Å². The van der Waals surface area contributed by atoms with Crippen LogP contribution in [0, 0.1) is 0 Å². The molecular weight excluding hydrogens is 452 g/mol. The fourth-order valence-electron chi connectivity index (χ4n) is 4.70. The van der Waals surface area contributed by atoms with Crippen LogP contribution in [0.5, 0.6) is 17.2 Å². The molecule has 0 saturated carbocycles. The summed E-state index contributed by atoms with van der Waals surface area (Å²) in [5.41, 5.74) is 1.76. The molecule has 35 heavy (non-hydrogen) atoms. The minimum atomic E-state index is -1.30. The number of phenolic OH excluding ortho intramolecular Hbond substituents is 3. The van der Waals surface area contributed by atoms with Crippen molar-refractivity contribution in [2.45, 2.75) is 18.8 Å². The van der Waals surface area contributed by atoms with Crippen LogP contribution in [0.4, 0.5) is 0 Å². The lowest BCUT2D eigenvalue weighted by molar-refractivity contribution is 0.0698. The summed E-state index contributed by atoms with van der Waals surface area (Å²) in [6.45, 7) is 0. The smallest absolute Gasteiger partial charge is 0.338 e. The molecule has 1 unspecified atom stereocenters. The summed E-state index contributed by atoms with van der Waals surface area (Å²) < 4.78 is 0. The molecule has 0 amide bonds. The predicted molar refractivity (Wildman–Crippen MR) is 124 cm³/mol. The maximum absolute atomic E-state index is 13.1. The third-order valence-electron chi connectivity index (χ3n) is 6.26. The van der Waals surface area contributed by atoms with Gasteiger partial charge in [0.05, 0.1) is 27.8 Å². The molecule has 0 spiro atoms. The Balaban J connectivity index is 1.59. The van der Waals surface area contributed by atoms with Crippen LogP contribution in [0.1, 0.15) is 44.4 Å². The van der Waals surface area contributed by atoms with E-state index in [0.717, 1.165) is 6.07 Å². The molecule has 3 aromatic carbocycles. The monoisotopic (exact) mass is 468 g/mol. The highest BCUT2D eigenvalue weighted by Crippen LogP contribution is 2.41. The molecule has 1 atom stereocenters. The maximum atomic E-state index is 13.1. The van der Waals surface area contributed by atoms with Gasteiger partial charge in [-0.15, -0.1) is 0 Å². The summed E-state index contributed by atoms with van der Waals surface area (Å²) in [5, 5.41) is 41.0. The number of carbonyl (C=O) groups is 2.